The van der Waals surface area contributed by atoms with Gasteiger partial charge in [0.2, 0.25) is 0 Å². The molecule has 78 valence electrons. The van der Waals surface area contributed by atoms with Gasteiger partial charge in [-0.15, -0.1) is 0 Å². The van der Waals surface area contributed by atoms with E-state index in [1.807, 2.05) is 18.2 Å². The second-order valence-corrected chi connectivity index (χ2v) is 3.81. The molecule has 2 unspecified atom stereocenters. The highest BCUT2D eigenvalue weighted by Gasteiger charge is 2.12. The zero-order valence-corrected chi connectivity index (χ0v) is 8.82. The fraction of sp³-hybridized carbons (Fsp3) is 0.500. The van der Waals surface area contributed by atoms with E-state index in [9.17, 15) is 0 Å². The first-order valence-corrected chi connectivity index (χ1v) is 5.29. The summed E-state index contributed by atoms with van der Waals surface area (Å²) in [7, 11) is 0. The van der Waals surface area contributed by atoms with Crippen LogP contribution < -0.4 is 11.5 Å². The SMILES string of the molecule is CCCC(N)C(N)Cc1ccccc1. The van der Waals surface area contributed by atoms with Crippen LogP contribution in [0.4, 0.5) is 0 Å². The fourth-order valence-electron chi connectivity index (χ4n) is 1.59. The summed E-state index contributed by atoms with van der Waals surface area (Å²) in [5.41, 5.74) is 13.2. The molecule has 0 aromatic heterocycles. The lowest BCUT2D eigenvalue weighted by Gasteiger charge is -2.19. The summed E-state index contributed by atoms with van der Waals surface area (Å²) in [5, 5.41) is 0. The summed E-state index contributed by atoms with van der Waals surface area (Å²) < 4.78 is 0. The Balaban J connectivity index is 2.44. The minimum atomic E-state index is 0.0809. The second-order valence-electron chi connectivity index (χ2n) is 3.81. The van der Waals surface area contributed by atoms with Crippen molar-refractivity contribution in [1.82, 2.24) is 0 Å². The lowest BCUT2D eigenvalue weighted by molar-refractivity contribution is 0.487. The van der Waals surface area contributed by atoms with Gasteiger partial charge in [-0.3, -0.25) is 0 Å². The molecule has 2 heteroatoms. The van der Waals surface area contributed by atoms with Crippen molar-refractivity contribution in [2.24, 2.45) is 11.5 Å². The summed E-state index contributed by atoms with van der Waals surface area (Å²) in [6, 6.07) is 10.5. The van der Waals surface area contributed by atoms with Crippen molar-refractivity contribution in [3.8, 4) is 0 Å². The Kier molecular flexibility index (Phi) is 4.63. The first kappa shape index (κ1) is 11.2. The highest BCUT2D eigenvalue weighted by molar-refractivity contribution is 5.16. The average molecular weight is 192 g/mol. The number of nitrogens with two attached hydrogens (primary N) is 2. The minimum absolute atomic E-state index is 0.0809. The normalized spacial score (nSPS) is 15.1. The molecule has 0 fully saturated rings. The third-order valence-electron chi connectivity index (χ3n) is 2.49. The van der Waals surface area contributed by atoms with Crippen molar-refractivity contribution in [2.45, 2.75) is 38.3 Å². The molecule has 14 heavy (non-hydrogen) atoms. The molecule has 0 aliphatic heterocycles. The molecule has 0 saturated carbocycles. The highest BCUT2D eigenvalue weighted by atomic mass is 14.8. The Morgan fingerprint density at radius 3 is 2.29 bits per heavy atom. The first-order valence-electron chi connectivity index (χ1n) is 5.29. The van der Waals surface area contributed by atoms with Crippen LogP contribution in [0.3, 0.4) is 0 Å². The average Bonchev–Trinajstić information content (AvgIpc) is 2.19. The van der Waals surface area contributed by atoms with Crippen molar-refractivity contribution in [1.29, 1.82) is 0 Å². The number of hydrogen-bond donors (Lipinski definition) is 2. The molecular formula is C12H20N2. The van der Waals surface area contributed by atoms with E-state index in [2.05, 4.69) is 19.1 Å². The molecule has 2 atom stereocenters. The van der Waals surface area contributed by atoms with E-state index in [-0.39, 0.29) is 12.1 Å². The van der Waals surface area contributed by atoms with E-state index in [4.69, 9.17) is 11.5 Å². The van der Waals surface area contributed by atoms with Crippen LogP contribution in [-0.2, 0) is 6.42 Å². The maximum Gasteiger partial charge on any atom is 0.0233 e. The summed E-state index contributed by atoms with van der Waals surface area (Å²) in [4.78, 5) is 0. The topological polar surface area (TPSA) is 52.0 Å². The molecule has 0 radical (unpaired) electrons. The molecular weight excluding hydrogens is 172 g/mol. The summed E-state index contributed by atoms with van der Waals surface area (Å²) >= 11 is 0. The van der Waals surface area contributed by atoms with E-state index in [0.717, 1.165) is 19.3 Å². The maximum absolute atomic E-state index is 6.01. The van der Waals surface area contributed by atoms with Crippen molar-refractivity contribution < 1.29 is 0 Å². The van der Waals surface area contributed by atoms with Crippen LogP contribution in [0.25, 0.3) is 0 Å². The fourth-order valence-corrected chi connectivity index (χ4v) is 1.59. The standard InChI is InChI=1S/C12H20N2/c1-2-6-11(13)12(14)9-10-7-4-3-5-8-10/h3-5,7-8,11-12H,2,6,9,13-14H2,1H3. The molecule has 1 rings (SSSR count). The first-order chi connectivity index (χ1) is 6.74. The maximum atomic E-state index is 6.01. The van der Waals surface area contributed by atoms with E-state index >= 15 is 0 Å². The Bertz CT molecular complexity index is 246. The molecule has 0 amide bonds. The quantitative estimate of drug-likeness (QED) is 0.746. The van der Waals surface area contributed by atoms with E-state index in [0.29, 0.717) is 0 Å². The van der Waals surface area contributed by atoms with Gasteiger partial charge in [0.25, 0.3) is 0 Å². The summed E-state index contributed by atoms with van der Waals surface area (Å²) in [5.74, 6) is 0. The Morgan fingerprint density at radius 2 is 1.71 bits per heavy atom. The molecule has 0 aliphatic rings. The smallest absolute Gasteiger partial charge is 0.0233 e. The number of rotatable bonds is 5. The van der Waals surface area contributed by atoms with Crippen molar-refractivity contribution >= 4 is 0 Å². The van der Waals surface area contributed by atoms with Crippen molar-refractivity contribution in [3.63, 3.8) is 0 Å². The molecule has 2 nitrogen and oxygen atoms in total. The van der Waals surface area contributed by atoms with Crippen molar-refractivity contribution in [2.75, 3.05) is 0 Å². The van der Waals surface area contributed by atoms with Crippen LogP contribution in [0.15, 0.2) is 30.3 Å². The lowest BCUT2D eigenvalue weighted by atomic mass is 9.98. The zero-order chi connectivity index (χ0) is 10.4. The summed E-state index contributed by atoms with van der Waals surface area (Å²) in [6.07, 6.45) is 2.99. The largest absolute Gasteiger partial charge is 0.326 e. The molecule has 0 bridgehead atoms. The van der Waals surface area contributed by atoms with E-state index in [1.54, 1.807) is 0 Å². The van der Waals surface area contributed by atoms with Crippen LogP contribution in [0, 0.1) is 0 Å². The van der Waals surface area contributed by atoms with E-state index in [1.165, 1.54) is 5.56 Å². The van der Waals surface area contributed by atoms with Gasteiger partial charge in [0.05, 0.1) is 0 Å². The van der Waals surface area contributed by atoms with Gasteiger partial charge in [-0.1, -0.05) is 43.7 Å². The van der Waals surface area contributed by atoms with Gasteiger partial charge >= 0.3 is 0 Å². The predicted molar refractivity (Wildman–Crippen MR) is 61.0 cm³/mol. The lowest BCUT2D eigenvalue weighted by Crippen LogP contribution is -2.42. The van der Waals surface area contributed by atoms with Crippen molar-refractivity contribution in [3.05, 3.63) is 35.9 Å². The number of benzene rings is 1. The molecule has 4 N–H and O–H groups in total. The highest BCUT2D eigenvalue weighted by Crippen LogP contribution is 2.06. The molecule has 0 saturated heterocycles. The molecule has 1 aromatic carbocycles. The van der Waals surface area contributed by atoms with E-state index < -0.39 is 0 Å². The monoisotopic (exact) mass is 192 g/mol. The molecule has 0 aliphatic carbocycles. The van der Waals surface area contributed by atoms with Crippen LogP contribution >= 0.6 is 0 Å². The second kappa shape index (κ2) is 5.78. The van der Waals surface area contributed by atoms with Gasteiger partial charge in [0.15, 0.2) is 0 Å². The van der Waals surface area contributed by atoms with Crippen LogP contribution in [0.2, 0.25) is 0 Å². The van der Waals surface area contributed by atoms with Crippen LogP contribution in [0.1, 0.15) is 25.3 Å². The Morgan fingerprint density at radius 1 is 1.07 bits per heavy atom. The van der Waals surface area contributed by atoms with Gasteiger partial charge in [-0.05, 0) is 18.4 Å². The van der Waals surface area contributed by atoms with Gasteiger partial charge in [0, 0.05) is 12.1 Å². The van der Waals surface area contributed by atoms with Crippen LogP contribution in [-0.4, -0.2) is 12.1 Å². The Hall–Kier alpha value is -0.860. The van der Waals surface area contributed by atoms with Gasteiger partial charge < -0.3 is 11.5 Å². The number of hydrogen-bond acceptors (Lipinski definition) is 2. The van der Waals surface area contributed by atoms with Crippen LogP contribution in [0.5, 0.6) is 0 Å². The van der Waals surface area contributed by atoms with Gasteiger partial charge in [-0.25, -0.2) is 0 Å². The minimum Gasteiger partial charge on any atom is -0.326 e. The molecule has 0 spiro atoms. The predicted octanol–water partition coefficient (Wildman–Crippen LogP) is 1.68. The van der Waals surface area contributed by atoms with Gasteiger partial charge in [-0.2, -0.15) is 0 Å². The van der Waals surface area contributed by atoms with Gasteiger partial charge in [0.1, 0.15) is 0 Å². The third-order valence-corrected chi connectivity index (χ3v) is 2.49. The third kappa shape index (κ3) is 3.48. The molecule has 0 heterocycles. The zero-order valence-electron chi connectivity index (χ0n) is 8.82. The Labute approximate surface area is 86.3 Å². The molecule has 1 aromatic rings. The summed E-state index contributed by atoms with van der Waals surface area (Å²) in [6.45, 7) is 2.13.